The van der Waals surface area contributed by atoms with Crippen molar-refractivity contribution in [1.82, 2.24) is 15.5 Å². The smallest absolute Gasteiger partial charge is 0.329 e. The molecule has 156 valence electrons. The molecule has 2 rings (SSSR count). The number of aromatic nitrogens is 2. The topological polar surface area (TPSA) is 110 Å². The molecule has 0 saturated heterocycles. The molecule has 2 amide bonds. The SMILES string of the molecule is CC[C@H](OC(=O)[C@@H](CC(C)C)NC(=O)c1ccccc1)C(=O)Nc1nnc(C)s1. The Balaban J connectivity index is 2.04. The average molecular weight is 419 g/mol. The summed E-state index contributed by atoms with van der Waals surface area (Å²) < 4.78 is 5.43. The lowest BCUT2D eigenvalue weighted by Gasteiger charge is -2.22. The third-order valence-electron chi connectivity index (χ3n) is 4.01. The van der Waals surface area contributed by atoms with Gasteiger partial charge in [0.2, 0.25) is 5.13 Å². The minimum atomic E-state index is -0.991. The number of aryl methyl sites for hydroxylation is 1. The average Bonchev–Trinajstić information content (AvgIpc) is 3.10. The zero-order valence-corrected chi connectivity index (χ0v) is 17.8. The molecule has 8 nitrogen and oxygen atoms in total. The molecule has 0 aliphatic rings. The second-order valence-electron chi connectivity index (χ2n) is 6.97. The van der Waals surface area contributed by atoms with Crippen molar-refractivity contribution in [3.8, 4) is 0 Å². The van der Waals surface area contributed by atoms with Gasteiger partial charge in [-0.25, -0.2) is 4.79 Å². The Morgan fingerprint density at radius 1 is 1.14 bits per heavy atom. The standard InChI is InChI=1S/C20H26N4O4S/c1-5-16(18(26)22-20-24-23-13(4)29-20)28-19(27)15(11-12(2)3)21-17(25)14-9-7-6-8-10-14/h6-10,12,15-16H,5,11H2,1-4H3,(H,21,25)(H,22,24,26)/t15-,16+/m1/s1. The lowest BCUT2D eigenvalue weighted by Crippen LogP contribution is -2.45. The van der Waals surface area contributed by atoms with E-state index in [0.717, 1.165) is 0 Å². The molecular weight excluding hydrogens is 392 g/mol. The van der Waals surface area contributed by atoms with Crippen LogP contribution in [0.2, 0.25) is 0 Å². The Morgan fingerprint density at radius 3 is 2.38 bits per heavy atom. The van der Waals surface area contributed by atoms with Gasteiger partial charge in [-0.15, -0.1) is 10.2 Å². The molecule has 29 heavy (non-hydrogen) atoms. The van der Waals surface area contributed by atoms with Crippen molar-refractivity contribution in [3.05, 3.63) is 40.9 Å². The third-order valence-corrected chi connectivity index (χ3v) is 4.76. The number of nitrogens with zero attached hydrogens (tertiary/aromatic N) is 2. The zero-order chi connectivity index (χ0) is 21.4. The van der Waals surface area contributed by atoms with E-state index < -0.39 is 24.0 Å². The van der Waals surface area contributed by atoms with E-state index in [2.05, 4.69) is 20.8 Å². The van der Waals surface area contributed by atoms with Gasteiger partial charge in [-0.2, -0.15) is 0 Å². The summed E-state index contributed by atoms with van der Waals surface area (Å²) in [5.41, 5.74) is 0.450. The van der Waals surface area contributed by atoms with Crippen molar-refractivity contribution in [3.63, 3.8) is 0 Å². The van der Waals surface area contributed by atoms with Crippen LogP contribution in [0, 0.1) is 12.8 Å². The van der Waals surface area contributed by atoms with Crippen LogP contribution in [-0.2, 0) is 14.3 Å². The van der Waals surface area contributed by atoms with Crippen LogP contribution in [0.3, 0.4) is 0 Å². The number of anilines is 1. The number of hydrogen-bond acceptors (Lipinski definition) is 7. The Bertz CT molecular complexity index is 838. The number of ether oxygens (including phenoxy) is 1. The molecule has 1 aromatic heterocycles. The van der Waals surface area contributed by atoms with Crippen molar-refractivity contribution >= 4 is 34.3 Å². The number of carbonyl (C=O) groups excluding carboxylic acids is 3. The van der Waals surface area contributed by atoms with Crippen molar-refractivity contribution in [1.29, 1.82) is 0 Å². The van der Waals surface area contributed by atoms with E-state index in [9.17, 15) is 14.4 Å². The van der Waals surface area contributed by atoms with Gasteiger partial charge in [0.15, 0.2) is 6.10 Å². The minimum absolute atomic E-state index is 0.141. The Kier molecular flexibility index (Phi) is 8.26. The number of carbonyl (C=O) groups is 3. The van der Waals surface area contributed by atoms with Gasteiger partial charge in [0.1, 0.15) is 11.0 Å². The molecule has 9 heteroatoms. The maximum atomic E-state index is 12.7. The summed E-state index contributed by atoms with van der Waals surface area (Å²) in [7, 11) is 0. The van der Waals surface area contributed by atoms with Gasteiger partial charge in [-0.05, 0) is 37.8 Å². The third kappa shape index (κ3) is 6.94. The summed E-state index contributed by atoms with van der Waals surface area (Å²) in [5.74, 6) is -1.34. The zero-order valence-electron chi connectivity index (χ0n) is 17.0. The van der Waals surface area contributed by atoms with Gasteiger partial charge in [0.25, 0.3) is 11.8 Å². The molecule has 2 atom stereocenters. The van der Waals surface area contributed by atoms with Gasteiger partial charge < -0.3 is 10.1 Å². The van der Waals surface area contributed by atoms with Crippen molar-refractivity contribution in [2.24, 2.45) is 5.92 Å². The molecule has 0 unspecified atom stereocenters. The fraction of sp³-hybridized carbons (Fsp3) is 0.450. The van der Waals surface area contributed by atoms with Crippen LogP contribution in [0.15, 0.2) is 30.3 Å². The Morgan fingerprint density at radius 2 is 1.83 bits per heavy atom. The van der Waals surface area contributed by atoms with Crippen LogP contribution in [0.4, 0.5) is 5.13 Å². The molecule has 0 spiro atoms. The molecule has 0 aliphatic carbocycles. The summed E-state index contributed by atoms with van der Waals surface area (Å²) in [6.45, 7) is 7.40. The molecule has 2 aromatic rings. The number of esters is 1. The van der Waals surface area contributed by atoms with E-state index >= 15 is 0 Å². The lowest BCUT2D eigenvalue weighted by molar-refractivity contribution is -0.156. The predicted molar refractivity (Wildman–Crippen MR) is 111 cm³/mol. The summed E-state index contributed by atoms with van der Waals surface area (Å²) in [5, 5.41) is 14.1. The van der Waals surface area contributed by atoms with Gasteiger partial charge in [0, 0.05) is 5.56 Å². The van der Waals surface area contributed by atoms with Crippen LogP contribution < -0.4 is 10.6 Å². The first kappa shape index (κ1) is 22.5. The molecule has 0 saturated carbocycles. The first-order valence-electron chi connectivity index (χ1n) is 9.47. The van der Waals surface area contributed by atoms with Crippen LogP contribution in [-0.4, -0.2) is 40.1 Å². The number of rotatable bonds is 9. The maximum Gasteiger partial charge on any atom is 0.329 e. The van der Waals surface area contributed by atoms with E-state index in [4.69, 9.17) is 4.74 Å². The highest BCUT2D eigenvalue weighted by Crippen LogP contribution is 2.16. The molecule has 0 bridgehead atoms. The lowest BCUT2D eigenvalue weighted by atomic mass is 10.0. The number of amides is 2. The van der Waals surface area contributed by atoms with E-state index in [0.29, 0.717) is 22.1 Å². The quantitative estimate of drug-likeness (QED) is 0.606. The number of hydrogen-bond donors (Lipinski definition) is 2. The van der Waals surface area contributed by atoms with Crippen molar-refractivity contribution < 1.29 is 19.1 Å². The van der Waals surface area contributed by atoms with E-state index in [1.165, 1.54) is 11.3 Å². The van der Waals surface area contributed by atoms with E-state index in [-0.39, 0.29) is 18.2 Å². The molecule has 2 N–H and O–H groups in total. The van der Waals surface area contributed by atoms with Gasteiger partial charge in [-0.3, -0.25) is 14.9 Å². The largest absolute Gasteiger partial charge is 0.451 e. The molecular formula is C20H26N4O4S. The molecule has 0 aliphatic heterocycles. The highest BCUT2D eigenvalue weighted by atomic mass is 32.1. The first-order chi connectivity index (χ1) is 13.8. The van der Waals surface area contributed by atoms with Crippen LogP contribution in [0.25, 0.3) is 0 Å². The van der Waals surface area contributed by atoms with E-state index in [1.54, 1.807) is 44.2 Å². The first-order valence-corrected chi connectivity index (χ1v) is 10.3. The predicted octanol–water partition coefficient (Wildman–Crippen LogP) is 2.95. The molecule has 1 aromatic carbocycles. The fourth-order valence-electron chi connectivity index (χ4n) is 2.59. The molecule has 1 heterocycles. The van der Waals surface area contributed by atoms with Gasteiger partial charge >= 0.3 is 5.97 Å². The number of nitrogens with one attached hydrogen (secondary N) is 2. The van der Waals surface area contributed by atoms with Crippen LogP contribution >= 0.6 is 11.3 Å². The summed E-state index contributed by atoms with van der Waals surface area (Å²) in [6.07, 6.45) is -0.309. The summed E-state index contributed by atoms with van der Waals surface area (Å²) in [6, 6.07) is 7.78. The fourth-order valence-corrected chi connectivity index (χ4v) is 3.19. The van der Waals surface area contributed by atoms with Crippen molar-refractivity contribution in [2.45, 2.75) is 52.7 Å². The summed E-state index contributed by atoms with van der Waals surface area (Å²) >= 11 is 1.23. The van der Waals surface area contributed by atoms with Gasteiger partial charge in [0.05, 0.1) is 0 Å². The maximum absolute atomic E-state index is 12.7. The highest BCUT2D eigenvalue weighted by Gasteiger charge is 2.29. The van der Waals surface area contributed by atoms with Gasteiger partial charge in [-0.1, -0.05) is 50.3 Å². The Hall–Kier alpha value is -2.81. The second kappa shape index (κ2) is 10.7. The monoisotopic (exact) mass is 418 g/mol. The van der Waals surface area contributed by atoms with Crippen LogP contribution in [0.1, 0.15) is 49.0 Å². The minimum Gasteiger partial charge on any atom is -0.451 e. The highest BCUT2D eigenvalue weighted by molar-refractivity contribution is 7.15. The second-order valence-corrected chi connectivity index (χ2v) is 8.15. The Labute approximate surface area is 174 Å². The van der Waals surface area contributed by atoms with E-state index in [1.807, 2.05) is 13.8 Å². The van der Waals surface area contributed by atoms with Crippen molar-refractivity contribution in [2.75, 3.05) is 5.32 Å². The molecule has 0 radical (unpaired) electrons. The number of benzene rings is 1. The van der Waals surface area contributed by atoms with Crippen LogP contribution in [0.5, 0.6) is 0 Å². The normalized spacial score (nSPS) is 12.9. The molecule has 0 fully saturated rings. The summed E-state index contributed by atoms with van der Waals surface area (Å²) in [4.78, 5) is 37.6.